The first-order valence-corrected chi connectivity index (χ1v) is 14.7. The lowest BCUT2D eigenvalue weighted by atomic mass is 9.98. The molecule has 0 radical (unpaired) electrons. The minimum absolute atomic E-state index is 0.0974. The first-order chi connectivity index (χ1) is 25.7. The Labute approximate surface area is 270 Å². The van der Waals surface area contributed by atoms with Crippen LogP contribution in [0, 0.1) is 0 Å². The Morgan fingerprint density at radius 2 is 1.11 bits per heavy atom. The van der Waals surface area contributed by atoms with Gasteiger partial charge in [-0.25, -0.2) is 0 Å². The number of benzene rings is 7. The molecule has 0 saturated carbocycles. The highest BCUT2D eigenvalue weighted by Gasteiger charge is 2.20. The SMILES string of the molecule is [2H]c1c([2H])c([2H])c(-n2c3ccccc3c3cc(-n4c5ccccc5c5c([2H])c([2H])c([2H])c([2H])c54)ccc32)c(-c2cccc3oc4ccccc4c23)c1[2H]. The van der Waals surface area contributed by atoms with Crippen LogP contribution < -0.4 is 0 Å². The average molecular weight is 583 g/mol. The second kappa shape index (κ2) is 9.22. The van der Waals surface area contributed by atoms with Crippen LogP contribution in [0.1, 0.15) is 11.0 Å². The molecule has 10 rings (SSSR count). The molecule has 0 amide bonds. The zero-order chi connectivity index (χ0) is 36.4. The Hall–Kier alpha value is -6.06. The second-order valence-electron chi connectivity index (χ2n) is 11.1. The lowest BCUT2D eigenvalue weighted by molar-refractivity contribution is 0.669. The van der Waals surface area contributed by atoms with Gasteiger partial charge in [0.05, 0.1) is 38.7 Å². The molecule has 0 spiro atoms. The van der Waals surface area contributed by atoms with Gasteiger partial charge in [0.25, 0.3) is 0 Å². The number of furan rings is 1. The van der Waals surface area contributed by atoms with E-state index in [1.54, 1.807) is 0 Å². The van der Waals surface area contributed by atoms with Crippen molar-refractivity contribution in [3.05, 3.63) is 158 Å². The first-order valence-electron chi connectivity index (χ1n) is 18.7. The van der Waals surface area contributed by atoms with Crippen LogP contribution in [0.3, 0.4) is 0 Å². The molecule has 3 heteroatoms. The van der Waals surface area contributed by atoms with Gasteiger partial charge in [-0.1, -0.05) is 103 Å². The van der Waals surface area contributed by atoms with Crippen molar-refractivity contribution in [3.63, 3.8) is 0 Å². The van der Waals surface area contributed by atoms with Crippen molar-refractivity contribution in [1.82, 2.24) is 9.13 Å². The number of hydrogen-bond acceptors (Lipinski definition) is 1. The number of hydrogen-bond donors (Lipinski definition) is 0. The highest BCUT2D eigenvalue weighted by Crippen LogP contribution is 2.42. The third-order valence-corrected chi connectivity index (χ3v) is 8.78. The third-order valence-electron chi connectivity index (χ3n) is 8.78. The van der Waals surface area contributed by atoms with Crippen LogP contribution in [0.25, 0.3) is 88.1 Å². The molecule has 0 fully saturated rings. The van der Waals surface area contributed by atoms with E-state index in [0.717, 1.165) is 32.6 Å². The van der Waals surface area contributed by atoms with Crippen molar-refractivity contribution in [2.24, 2.45) is 0 Å². The molecule has 3 heterocycles. The minimum Gasteiger partial charge on any atom is -0.456 e. The molecule has 210 valence electrons. The van der Waals surface area contributed by atoms with Gasteiger partial charge in [0.1, 0.15) is 11.2 Å². The summed E-state index contributed by atoms with van der Waals surface area (Å²) in [6.45, 7) is 0. The quantitative estimate of drug-likeness (QED) is 0.203. The smallest absolute Gasteiger partial charge is 0.136 e. The van der Waals surface area contributed by atoms with Gasteiger partial charge in [0.15, 0.2) is 0 Å². The Morgan fingerprint density at radius 1 is 0.444 bits per heavy atom. The Morgan fingerprint density at radius 3 is 2.00 bits per heavy atom. The molecule has 3 nitrogen and oxygen atoms in total. The van der Waals surface area contributed by atoms with Gasteiger partial charge >= 0.3 is 0 Å². The van der Waals surface area contributed by atoms with E-state index < -0.39 is 0 Å². The summed E-state index contributed by atoms with van der Waals surface area (Å²) in [5, 5.41) is 4.40. The maximum atomic E-state index is 9.39. The van der Waals surface area contributed by atoms with E-state index in [0.29, 0.717) is 55.5 Å². The number of para-hydroxylation sites is 5. The molecule has 0 unspecified atom stereocenters. The van der Waals surface area contributed by atoms with Crippen molar-refractivity contribution in [3.8, 4) is 22.5 Å². The normalized spacial score (nSPS) is 14.5. The maximum absolute atomic E-state index is 9.39. The summed E-state index contributed by atoms with van der Waals surface area (Å²) < 4.78 is 80.9. The summed E-state index contributed by atoms with van der Waals surface area (Å²) in [5.74, 6) is 0. The van der Waals surface area contributed by atoms with Gasteiger partial charge in [-0.3, -0.25) is 0 Å². The lowest BCUT2D eigenvalue weighted by Gasteiger charge is -2.15. The summed E-state index contributed by atoms with van der Waals surface area (Å²) in [4.78, 5) is 0. The number of fused-ring (bicyclic) bond motifs is 9. The highest BCUT2D eigenvalue weighted by molar-refractivity contribution is 6.15. The molecule has 3 aromatic heterocycles. The molecule has 0 aliphatic heterocycles. The van der Waals surface area contributed by atoms with Gasteiger partial charge in [-0.05, 0) is 60.1 Å². The molecule has 10 aromatic rings. The molecule has 0 aliphatic carbocycles. The maximum Gasteiger partial charge on any atom is 0.136 e. The Balaban J connectivity index is 1.33. The van der Waals surface area contributed by atoms with E-state index in [-0.39, 0.29) is 48.3 Å². The largest absolute Gasteiger partial charge is 0.456 e. The minimum atomic E-state index is -0.347. The van der Waals surface area contributed by atoms with E-state index in [4.69, 9.17) is 12.6 Å². The standard InChI is InChI=1S/C42H26N2O/c1-6-18-35-28(12-1)29-13-2-7-19-36(29)43(35)27-24-25-39-34(26-27)31-15-4-9-21-38(31)44(39)37-20-8-3-14-30(37)32-17-11-23-41-42(32)33-16-5-10-22-40(33)45-41/h1-26H/i1D,3D,6D,8D,12D,14D,18D,20D. The zero-order valence-electron chi connectivity index (χ0n) is 31.7. The molecular formula is C42H26N2O. The number of nitrogens with zero attached hydrogens (tertiary/aromatic N) is 2. The number of rotatable bonds is 3. The monoisotopic (exact) mass is 582 g/mol. The summed E-state index contributed by atoms with van der Waals surface area (Å²) in [5.41, 5.74) is 5.79. The summed E-state index contributed by atoms with van der Waals surface area (Å²) in [7, 11) is 0. The molecule has 0 atom stereocenters. The Bertz CT molecular complexity index is 3230. The molecule has 0 N–H and O–H groups in total. The van der Waals surface area contributed by atoms with Crippen LogP contribution in [0.4, 0.5) is 0 Å². The van der Waals surface area contributed by atoms with Crippen molar-refractivity contribution in [2.75, 3.05) is 0 Å². The van der Waals surface area contributed by atoms with Gasteiger partial charge in [0, 0.05) is 43.6 Å². The van der Waals surface area contributed by atoms with Crippen LogP contribution in [0.2, 0.25) is 0 Å². The number of aromatic nitrogens is 2. The second-order valence-corrected chi connectivity index (χ2v) is 11.1. The predicted octanol–water partition coefficient (Wildman–Crippen LogP) is 11.4. The van der Waals surface area contributed by atoms with Crippen LogP contribution in [-0.4, -0.2) is 9.13 Å². The predicted molar refractivity (Wildman–Crippen MR) is 188 cm³/mol. The van der Waals surface area contributed by atoms with Crippen molar-refractivity contribution < 1.29 is 15.4 Å². The first kappa shape index (κ1) is 17.9. The van der Waals surface area contributed by atoms with E-state index in [2.05, 4.69) is 0 Å². The fourth-order valence-electron chi connectivity index (χ4n) is 6.93. The topological polar surface area (TPSA) is 23.0 Å². The summed E-state index contributed by atoms with van der Waals surface area (Å²) in [6.07, 6.45) is 0. The van der Waals surface area contributed by atoms with E-state index in [9.17, 15) is 2.74 Å². The fourth-order valence-corrected chi connectivity index (χ4v) is 6.93. The van der Waals surface area contributed by atoms with Crippen LogP contribution in [0.5, 0.6) is 0 Å². The molecule has 7 aromatic carbocycles. The average Bonchev–Trinajstić information content (AvgIpc) is 3.84. The van der Waals surface area contributed by atoms with Gasteiger partial charge in [0.2, 0.25) is 0 Å². The molecule has 0 aliphatic rings. The highest BCUT2D eigenvalue weighted by atomic mass is 16.3. The van der Waals surface area contributed by atoms with Crippen molar-refractivity contribution >= 4 is 65.6 Å². The lowest BCUT2D eigenvalue weighted by Crippen LogP contribution is -1.98. The summed E-state index contributed by atoms with van der Waals surface area (Å²) >= 11 is 0. The van der Waals surface area contributed by atoms with Crippen LogP contribution in [-0.2, 0) is 0 Å². The fraction of sp³-hybridized carbons (Fsp3) is 0. The van der Waals surface area contributed by atoms with Crippen LogP contribution in [0.15, 0.2) is 162 Å². The van der Waals surface area contributed by atoms with Crippen molar-refractivity contribution in [2.45, 2.75) is 0 Å². The van der Waals surface area contributed by atoms with E-state index in [1.165, 1.54) is 0 Å². The van der Waals surface area contributed by atoms with Crippen molar-refractivity contribution in [1.29, 1.82) is 0 Å². The third kappa shape index (κ3) is 3.41. The van der Waals surface area contributed by atoms with Gasteiger partial charge < -0.3 is 13.6 Å². The van der Waals surface area contributed by atoms with Gasteiger partial charge in [-0.15, -0.1) is 0 Å². The van der Waals surface area contributed by atoms with Crippen LogP contribution >= 0.6 is 0 Å². The molecule has 45 heavy (non-hydrogen) atoms. The van der Waals surface area contributed by atoms with E-state index >= 15 is 0 Å². The zero-order valence-corrected chi connectivity index (χ0v) is 23.7. The molecular weight excluding hydrogens is 548 g/mol. The summed E-state index contributed by atoms with van der Waals surface area (Å²) in [6, 6.07) is 32.4. The molecule has 0 bridgehead atoms. The van der Waals surface area contributed by atoms with E-state index in [1.807, 2.05) is 118 Å². The Kier molecular flexibility index (Phi) is 3.67. The molecule has 0 saturated heterocycles. The van der Waals surface area contributed by atoms with Gasteiger partial charge in [-0.2, -0.15) is 0 Å².